The molecule has 3 heteroatoms. The summed E-state index contributed by atoms with van der Waals surface area (Å²) in [7, 11) is 0. The lowest BCUT2D eigenvalue weighted by Crippen LogP contribution is -2.28. The summed E-state index contributed by atoms with van der Waals surface area (Å²) in [5, 5.41) is 3.44. The van der Waals surface area contributed by atoms with Crippen LogP contribution < -0.4 is 5.32 Å². The van der Waals surface area contributed by atoms with Gasteiger partial charge in [-0.1, -0.05) is 27.2 Å². The Balaban J connectivity index is 2.83. The van der Waals surface area contributed by atoms with Gasteiger partial charge in [0.1, 0.15) is 5.82 Å². The molecule has 0 aliphatic rings. The molecule has 0 bridgehead atoms. The molecule has 0 fully saturated rings. The van der Waals surface area contributed by atoms with Crippen LogP contribution >= 0.6 is 0 Å². The second-order valence-corrected chi connectivity index (χ2v) is 4.04. The highest BCUT2D eigenvalue weighted by molar-refractivity contribution is 5.05. The van der Waals surface area contributed by atoms with Crippen LogP contribution in [0.1, 0.15) is 44.6 Å². The summed E-state index contributed by atoms with van der Waals surface area (Å²) in [6, 6.07) is 0.278. The molecule has 0 aliphatic heterocycles. The number of aromatic nitrogens is 2. The van der Waals surface area contributed by atoms with Crippen molar-refractivity contribution in [2.75, 3.05) is 6.54 Å². The molecule has 0 aromatic carbocycles. The predicted octanol–water partition coefficient (Wildman–Crippen LogP) is 2.48. The molecule has 1 aromatic heterocycles. The van der Waals surface area contributed by atoms with Crippen molar-refractivity contribution in [1.29, 1.82) is 0 Å². The van der Waals surface area contributed by atoms with Crippen LogP contribution in [0.4, 0.5) is 0 Å². The molecule has 0 saturated carbocycles. The van der Waals surface area contributed by atoms with Crippen molar-refractivity contribution in [3.63, 3.8) is 0 Å². The van der Waals surface area contributed by atoms with Crippen molar-refractivity contribution in [1.82, 2.24) is 15.3 Å². The third-order valence-corrected chi connectivity index (χ3v) is 2.72. The van der Waals surface area contributed by atoms with E-state index in [4.69, 9.17) is 0 Å². The molecule has 84 valence electrons. The second-order valence-electron chi connectivity index (χ2n) is 4.04. The zero-order chi connectivity index (χ0) is 11.3. The first kappa shape index (κ1) is 12.1. The quantitative estimate of drug-likeness (QED) is 0.806. The Morgan fingerprint density at radius 1 is 1.27 bits per heavy atom. The fourth-order valence-corrected chi connectivity index (χ4v) is 1.57. The van der Waals surface area contributed by atoms with E-state index in [0.717, 1.165) is 24.4 Å². The van der Waals surface area contributed by atoms with E-state index in [1.807, 2.05) is 19.3 Å². The van der Waals surface area contributed by atoms with Gasteiger partial charge in [0.05, 0.1) is 6.04 Å². The molecule has 1 rings (SSSR count). The highest BCUT2D eigenvalue weighted by atomic mass is 15.0. The third-order valence-electron chi connectivity index (χ3n) is 2.72. The normalized spacial score (nSPS) is 14.9. The van der Waals surface area contributed by atoms with Crippen molar-refractivity contribution in [3.05, 3.63) is 23.8 Å². The molecular weight excluding hydrogens is 186 g/mol. The van der Waals surface area contributed by atoms with Gasteiger partial charge in [-0.15, -0.1) is 0 Å². The van der Waals surface area contributed by atoms with E-state index in [9.17, 15) is 0 Å². The summed E-state index contributed by atoms with van der Waals surface area (Å²) in [5.74, 6) is 1.48. The molecule has 2 atom stereocenters. The van der Waals surface area contributed by atoms with Crippen molar-refractivity contribution < 1.29 is 0 Å². The average molecular weight is 207 g/mol. The van der Waals surface area contributed by atoms with Crippen LogP contribution in [0.3, 0.4) is 0 Å². The summed E-state index contributed by atoms with van der Waals surface area (Å²) >= 11 is 0. The van der Waals surface area contributed by atoms with Crippen LogP contribution in [0.25, 0.3) is 0 Å². The van der Waals surface area contributed by atoms with Crippen LogP contribution in [0.15, 0.2) is 12.4 Å². The van der Waals surface area contributed by atoms with Gasteiger partial charge in [-0.25, -0.2) is 9.97 Å². The van der Waals surface area contributed by atoms with Crippen molar-refractivity contribution in [3.8, 4) is 0 Å². The maximum atomic E-state index is 4.39. The van der Waals surface area contributed by atoms with Gasteiger partial charge >= 0.3 is 0 Å². The average Bonchev–Trinajstić information content (AvgIpc) is 2.26. The first-order valence-electron chi connectivity index (χ1n) is 5.71. The minimum Gasteiger partial charge on any atom is -0.307 e. The van der Waals surface area contributed by atoms with Crippen molar-refractivity contribution in [2.24, 2.45) is 5.92 Å². The second kappa shape index (κ2) is 5.81. The van der Waals surface area contributed by atoms with Gasteiger partial charge in [-0.05, 0) is 24.9 Å². The minimum absolute atomic E-state index is 0.278. The molecule has 0 amide bonds. The van der Waals surface area contributed by atoms with Crippen molar-refractivity contribution in [2.45, 2.75) is 40.2 Å². The lowest BCUT2D eigenvalue weighted by atomic mass is 9.98. The zero-order valence-corrected chi connectivity index (χ0v) is 10.1. The van der Waals surface area contributed by atoms with Gasteiger partial charge in [-0.2, -0.15) is 0 Å². The minimum atomic E-state index is 0.278. The molecule has 3 nitrogen and oxygen atoms in total. The molecule has 0 radical (unpaired) electrons. The Morgan fingerprint density at radius 2 is 1.87 bits per heavy atom. The van der Waals surface area contributed by atoms with E-state index < -0.39 is 0 Å². The highest BCUT2D eigenvalue weighted by Crippen LogP contribution is 2.20. The molecule has 1 heterocycles. The van der Waals surface area contributed by atoms with Crippen molar-refractivity contribution >= 4 is 0 Å². The summed E-state index contributed by atoms with van der Waals surface area (Å²) in [5.41, 5.74) is 1.11. The van der Waals surface area contributed by atoms with E-state index in [-0.39, 0.29) is 6.04 Å². The number of aryl methyl sites for hydroxylation is 1. The summed E-state index contributed by atoms with van der Waals surface area (Å²) in [4.78, 5) is 8.79. The Labute approximate surface area is 92.3 Å². The molecule has 1 aromatic rings. The van der Waals surface area contributed by atoms with Gasteiger partial charge in [-0.3, -0.25) is 0 Å². The van der Waals surface area contributed by atoms with E-state index in [0.29, 0.717) is 5.92 Å². The van der Waals surface area contributed by atoms with Crippen LogP contribution in [-0.4, -0.2) is 16.5 Å². The van der Waals surface area contributed by atoms with E-state index in [1.165, 1.54) is 0 Å². The Bertz CT molecular complexity index is 281. The van der Waals surface area contributed by atoms with Gasteiger partial charge in [0.2, 0.25) is 0 Å². The number of hydrogen-bond acceptors (Lipinski definition) is 3. The standard InChI is InChI=1S/C12H21N3/c1-5-10(4)11(13-6-2)12-14-7-9(3)8-15-12/h7-8,10-11,13H,5-6H2,1-4H3. The lowest BCUT2D eigenvalue weighted by molar-refractivity contribution is 0.368. The molecule has 2 unspecified atom stereocenters. The fraction of sp³-hybridized carbons (Fsp3) is 0.667. The van der Waals surface area contributed by atoms with E-state index >= 15 is 0 Å². The predicted molar refractivity (Wildman–Crippen MR) is 62.6 cm³/mol. The van der Waals surface area contributed by atoms with Gasteiger partial charge in [0, 0.05) is 12.4 Å². The molecule has 1 N–H and O–H groups in total. The molecular formula is C12H21N3. The summed E-state index contributed by atoms with van der Waals surface area (Å²) < 4.78 is 0. The van der Waals surface area contributed by atoms with Crippen LogP contribution in [-0.2, 0) is 0 Å². The number of hydrogen-bond donors (Lipinski definition) is 1. The number of nitrogens with zero attached hydrogens (tertiary/aromatic N) is 2. The SMILES string of the molecule is CCNC(c1ncc(C)cn1)C(C)CC. The number of nitrogens with one attached hydrogen (secondary N) is 1. The Morgan fingerprint density at radius 3 is 2.33 bits per heavy atom. The summed E-state index contributed by atoms with van der Waals surface area (Å²) in [6.45, 7) is 9.50. The van der Waals surface area contributed by atoms with Gasteiger partial charge in [0.25, 0.3) is 0 Å². The maximum Gasteiger partial charge on any atom is 0.145 e. The topological polar surface area (TPSA) is 37.8 Å². The molecule has 0 aliphatic carbocycles. The van der Waals surface area contributed by atoms with Crippen LogP contribution in [0.2, 0.25) is 0 Å². The zero-order valence-electron chi connectivity index (χ0n) is 10.1. The Kier molecular flexibility index (Phi) is 4.69. The molecule has 0 saturated heterocycles. The molecule has 0 spiro atoms. The Hall–Kier alpha value is -0.960. The number of rotatable bonds is 5. The molecule has 15 heavy (non-hydrogen) atoms. The first-order valence-corrected chi connectivity index (χ1v) is 5.71. The van der Waals surface area contributed by atoms with Crippen LogP contribution in [0.5, 0.6) is 0 Å². The largest absolute Gasteiger partial charge is 0.307 e. The fourth-order valence-electron chi connectivity index (χ4n) is 1.57. The lowest BCUT2D eigenvalue weighted by Gasteiger charge is -2.22. The van der Waals surface area contributed by atoms with E-state index in [2.05, 4.69) is 36.1 Å². The third kappa shape index (κ3) is 3.27. The van der Waals surface area contributed by atoms with E-state index in [1.54, 1.807) is 0 Å². The van der Waals surface area contributed by atoms with Gasteiger partial charge < -0.3 is 5.32 Å². The maximum absolute atomic E-state index is 4.39. The monoisotopic (exact) mass is 207 g/mol. The highest BCUT2D eigenvalue weighted by Gasteiger charge is 2.18. The first-order chi connectivity index (χ1) is 7.19. The van der Waals surface area contributed by atoms with Gasteiger partial charge in [0.15, 0.2) is 0 Å². The smallest absolute Gasteiger partial charge is 0.145 e. The summed E-state index contributed by atoms with van der Waals surface area (Å²) in [6.07, 6.45) is 4.90. The van der Waals surface area contributed by atoms with Crippen LogP contribution in [0, 0.1) is 12.8 Å².